The first-order valence-corrected chi connectivity index (χ1v) is 13.5. The fraction of sp³-hybridized carbons (Fsp3) is 0.667. The Morgan fingerprint density at radius 1 is 1.31 bits per heavy atom. The van der Waals surface area contributed by atoms with E-state index >= 15 is 0 Å². The second-order valence-corrected chi connectivity index (χ2v) is 12.5. The Hall–Kier alpha value is -1.87. The lowest BCUT2D eigenvalue weighted by molar-refractivity contribution is -0.144. The molecule has 4 N–H and O–H groups in total. The summed E-state index contributed by atoms with van der Waals surface area (Å²) in [7, 11) is 0. The molecule has 35 heavy (non-hydrogen) atoms. The van der Waals surface area contributed by atoms with Crippen LogP contribution in [0.25, 0.3) is 10.6 Å². The van der Waals surface area contributed by atoms with Crippen molar-refractivity contribution in [2.75, 3.05) is 13.2 Å². The molecule has 0 unspecified atom stereocenters. The molecule has 0 spiro atoms. The molecule has 2 aromatic rings. The molecule has 0 bridgehead atoms. The van der Waals surface area contributed by atoms with E-state index in [0.29, 0.717) is 18.8 Å². The van der Waals surface area contributed by atoms with Crippen molar-refractivity contribution in [3.63, 3.8) is 0 Å². The molecule has 1 saturated carbocycles. The van der Waals surface area contributed by atoms with Crippen LogP contribution >= 0.6 is 11.3 Å². The van der Waals surface area contributed by atoms with E-state index < -0.39 is 11.5 Å². The van der Waals surface area contributed by atoms with Crippen LogP contribution in [0.5, 0.6) is 0 Å². The molecule has 7 nitrogen and oxygen atoms in total. The zero-order valence-electron chi connectivity index (χ0n) is 21.2. The first-order valence-electron chi connectivity index (χ1n) is 12.7. The fourth-order valence-corrected chi connectivity index (χ4v) is 7.64. The summed E-state index contributed by atoms with van der Waals surface area (Å²) in [4.78, 5) is 23.7. The van der Waals surface area contributed by atoms with Gasteiger partial charge in [-0.3, -0.25) is 9.78 Å². The number of nitrogens with one attached hydrogen (secondary N) is 1. The van der Waals surface area contributed by atoms with Gasteiger partial charge in [-0.05, 0) is 55.1 Å². The first-order chi connectivity index (χ1) is 16.6. The van der Waals surface area contributed by atoms with Gasteiger partial charge in [0.2, 0.25) is 5.91 Å². The van der Waals surface area contributed by atoms with E-state index in [0.717, 1.165) is 34.0 Å². The second-order valence-electron chi connectivity index (χ2n) is 11.4. The van der Waals surface area contributed by atoms with Crippen molar-refractivity contribution in [1.82, 2.24) is 15.3 Å². The molecular weight excluding hydrogens is 462 g/mol. The SMILES string of the molecule is CC(C)C[C@H](CO)NC(=O)C[C@@H]1c2nc(-c3cccnc3)sc2C[C@@H]2[C@](C)(CO)[C@H](O)CC[C@]21C. The number of aliphatic hydroxyl groups is 3. The number of carbonyl (C=O) groups is 1. The molecule has 2 aliphatic rings. The van der Waals surface area contributed by atoms with E-state index in [2.05, 4.69) is 31.1 Å². The zero-order valence-corrected chi connectivity index (χ0v) is 22.0. The molecule has 0 aromatic carbocycles. The lowest BCUT2D eigenvalue weighted by atomic mass is 9.47. The highest BCUT2D eigenvalue weighted by Gasteiger charge is 2.59. The molecule has 2 heterocycles. The maximum Gasteiger partial charge on any atom is 0.220 e. The number of aliphatic hydroxyl groups excluding tert-OH is 3. The second kappa shape index (κ2) is 10.2. The largest absolute Gasteiger partial charge is 0.396 e. The standard InChI is InChI=1S/C27H39N3O4S/c1-16(2)10-18(14-31)29-23(34)11-19-24-20(35-25(30-24)17-6-5-9-28-13-17)12-21-26(19,3)8-7-22(33)27(21,4)15-32/h5-6,9,13,16,18-19,21-22,31-33H,7-8,10-12,14-15H2,1-4H3,(H,29,34)/t18-,19-,21+,22-,26+,27+/m1/s1. The van der Waals surface area contributed by atoms with Crippen molar-refractivity contribution in [2.24, 2.45) is 22.7 Å². The Balaban J connectivity index is 1.72. The minimum atomic E-state index is -0.650. The van der Waals surface area contributed by atoms with Crippen LogP contribution in [0.1, 0.15) is 69.9 Å². The van der Waals surface area contributed by atoms with Crippen LogP contribution in [-0.2, 0) is 11.2 Å². The third kappa shape index (κ3) is 4.90. The summed E-state index contributed by atoms with van der Waals surface area (Å²) in [6, 6.07) is 3.61. The van der Waals surface area contributed by atoms with E-state index in [9.17, 15) is 20.1 Å². The summed E-state index contributed by atoms with van der Waals surface area (Å²) in [6.45, 7) is 8.15. The van der Waals surface area contributed by atoms with Gasteiger partial charge >= 0.3 is 0 Å². The van der Waals surface area contributed by atoms with Crippen molar-refractivity contribution >= 4 is 17.2 Å². The highest BCUT2D eigenvalue weighted by molar-refractivity contribution is 7.15. The van der Waals surface area contributed by atoms with Gasteiger partial charge in [0.1, 0.15) is 5.01 Å². The molecule has 6 atom stereocenters. The monoisotopic (exact) mass is 501 g/mol. The maximum absolute atomic E-state index is 13.3. The third-order valence-electron chi connectivity index (χ3n) is 8.53. The number of amides is 1. The van der Waals surface area contributed by atoms with Crippen LogP contribution in [0.4, 0.5) is 0 Å². The van der Waals surface area contributed by atoms with E-state index in [-0.39, 0.29) is 48.8 Å². The van der Waals surface area contributed by atoms with E-state index in [4.69, 9.17) is 4.98 Å². The Kier molecular flexibility index (Phi) is 7.67. The van der Waals surface area contributed by atoms with Crippen molar-refractivity contribution in [3.8, 4) is 10.6 Å². The highest BCUT2D eigenvalue weighted by atomic mass is 32.1. The minimum Gasteiger partial charge on any atom is -0.396 e. The zero-order chi connectivity index (χ0) is 25.4. The quantitative estimate of drug-likeness (QED) is 0.440. The predicted molar refractivity (Wildman–Crippen MR) is 137 cm³/mol. The smallest absolute Gasteiger partial charge is 0.220 e. The highest BCUT2D eigenvalue weighted by Crippen LogP contribution is 2.62. The van der Waals surface area contributed by atoms with Crippen molar-refractivity contribution in [2.45, 2.75) is 77.9 Å². The van der Waals surface area contributed by atoms with Crippen LogP contribution in [0, 0.1) is 22.7 Å². The molecule has 192 valence electrons. The predicted octanol–water partition coefficient (Wildman–Crippen LogP) is 3.53. The van der Waals surface area contributed by atoms with E-state index in [1.165, 1.54) is 0 Å². The lowest BCUT2D eigenvalue weighted by Gasteiger charge is -2.58. The van der Waals surface area contributed by atoms with Gasteiger partial charge in [0, 0.05) is 40.6 Å². The summed E-state index contributed by atoms with van der Waals surface area (Å²) in [5, 5.41) is 35.1. The van der Waals surface area contributed by atoms with Crippen molar-refractivity contribution in [1.29, 1.82) is 0 Å². The summed E-state index contributed by atoms with van der Waals surface area (Å²) < 4.78 is 0. The van der Waals surface area contributed by atoms with Gasteiger partial charge in [0.15, 0.2) is 0 Å². The fourth-order valence-electron chi connectivity index (χ4n) is 6.48. The van der Waals surface area contributed by atoms with Crippen molar-refractivity contribution in [3.05, 3.63) is 35.1 Å². The van der Waals surface area contributed by atoms with Crippen LogP contribution in [0.3, 0.4) is 0 Å². The number of hydrogen-bond acceptors (Lipinski definition) is 7. The summed E-state index contributed by atoms with van der Waals surface area (Å²) in [5.41, 5.74) is 0.964. The summed E-state index contributed by atoms with van der Waals surface area (Å²) in [6.07, 6.45) is 6.02. The van der Waals surface area contributed by atoms with Gasteiger partial charge in [0.25, 0.3) is 0 Å². The molecule has 1 fully saturated rings. The Morgan fingerprint density at radius 2 is 2.09 bits per heavy atom. The van der Waals surface area contributed by atoms with Gasteiger partial charge in [-0.15, -0.1) is 11.3 Å². The number of aromatic nitrogens is 2. The number of rotatable bonds is 8. The molecule has 0 saturated heterocycles. The maximum atomic E-state index is 13.3. The number of pyridine rings is 1. The Morgan fingerprint density at radius 3 is 2.71 bits per heavy atom. The first kappa shape index (κ1) is 26.2. The molecule has 2 aliphatic carbocycles. The number of fused-ring (bicyclic) bond motifs is 2. The molecule has 0 radical (unpaired) electrons. The minimum absolute atomic E-state index is 0.0144. The molecule has 0 aliphatic heterocycles. The molecule has 1 amide bonds. The van der Waals surface area contributed by atoms with Gasteiger partial charge in [0.05, 0.1) is 31.1 Å². The van der Waals surface area contributed by atoms with Gasteiger partial charge < -0.3 is 20.6 Å². The average molecular weight is 502 g/mol. The average Bonchev–Trinajstić information content (AvgIpc) is 3.27. The topological polar surface area (TPSA) is 116 Å². The Labute approximate surface area is 212 Å². The third-order valence-corrected chi connectivity index (χ3v) is 9.68. The molecule has 2 aromatic heterocycles. The molecule has 4 rings (SSSR count). The van der Waals surface area contributed by atoms with Gasteiger partial charge in [-0.1, -0.05) is 27.7 Å². The number of hydrogen-bond donors (Lipinski definition) is 4. The summed E-state index contributed by atoms with van der Waals surface area (Å²) in [5.74, 6) is 0.145. The van der Waals surface area contributed by atoms with E-state index in [1.807, 2.05) is 19.1 Å². The number of nitrogens with zero attached hydrogens (tertiary/aromatic N) is 2. The molecular formula is C27H39N3O4S. The lowest BCUT2D eigenvalue weighted by Crippen LogP contribution is -2.58. The van der Waals surface area contributed by atoms with Crippen LogP contribution in [0.2, 0.25) is 0 Å². The van der Waals surface area contributed by atoms with Crippen LogP contribution in [-0.4, -0.2) is 56.6 Å². The molecule has 8 heteroatoms. The normalized spacial score (nSPS) is 31.0. The van der Waals surface area contributed by atoms with E-state index in [1.54, 1.807) is 23.7 Å². The van der Waals surface area contributed by atoms with Gasteiger partial charge in [-0.2, -0.15) is 0 Å². The van der Waals surface area contributed by atoms with Crippen LogP contribution in [0.15, 0.2) is 24.5 Å². The number of carbonyl (C=O) groups excluding carboxylic acids is 1. The van der Waals surface area contributed by atoms with Gasteiger partial charge in [-0.25, -0.2) is 4.98 Å². The Bertz CT molecular complexity index is 1030. The van der Waals surface area contributed by atoms with Crippen LogP contribution < -0.4 is 5.32 Å². The summed E-state index contributed by atoms with van der Waals surface area (Å²) >= 11 is 1.63. The van der Waals surface area contributed by atoms with Crippen molar-refractivity contribution < 1.29 is 20.1 Å². The number of thiazole rings is 1.